The lowest BCUT2D eigenvalue weighted by atomic mass is 10.3. The highest BCUT2D eigenvalue weighted by molar-refractivity contribution is 8.00. The van der Waals surface area contributed by atoms with Gasteiger partial charge in [-0.05, 0) is 23.6 Å². The lowest BCUT2D eigenvalue weighted by Crippen LogP contribution is -2.27. The number of aromatic nitrogens is 1. The van der Waals surface area contributed by atoms with Crippen molar-refractivity contribution in [2.75, 3.05) is 5.75 Å². The maximum atomic E-state index is 12.0. The Hall–Kier alpha value is -1.33. The van der Waals surface area contributed by atoms with Crippen molar-refractivity contribution in [1.29, 1.82) is 0 Å². The van der Waals surface area contributed by atoms with Crippen molar-refractivity contribution in [2.24, 2.45) is 0 Å². The summed E-state index contributed by atoms with van der Waals surface area (Å²) in [6.07, 6.45) is 1.78. The summed E-state index contributed by atoms with van der Waals surface area (Å²) in [6.45, 7) is 0.685. The molecule has 1 aliphatic rings. The molecule has 0 bridgehead atoms. The molecule has 1 amide bonds. The van der Waals surface area contributed by atoms with Crippen LogP contribution in [0.2, 0.25) is 0 Å². The molecule has 2 aromatic heterocycles. The van der Waals surface area contributed by atoms with Crippen LogP contribution in [0.15, 0.2) is 41.9 Å². The van der Waals surface area contributed by atoms with Gasteiger partial charge in [0.05, 0.1) is 18.0 Å². The first-order valence-corrected chi connectivity index (χ1v) is 7.62. The molecule has 1 aliphatic heterocycles. The van der Waals surface area contributed by atoms with Crippen molar-refractivity contribution in [1.82, 2.24) is 9.88 Å². The molecule has 0 aliphatic carbocycles. The van der Waals surface area contributed by atoms with Gasteiger partial charge in [-0.15, -0.1) is 23.1 Å². The highest BCUT2D eigenvalue weighted by Gasteiger charge is 2.33. The average molecular weight is 276 g/mol. The molecule has 1 fully saturated rings. The number of carbonyl (C=O) groups is 1. The number of thioether (sulfide) groups is 1. The maximum absolute atomic E-state index is 12.0. The quantitative estimate of drug-likeness (QED) is 0.864. The van der Waals surface area contributed by atoms with Crippen LogP contribution in [0.25, 0.3) is 0 Å². The third kappa shape index (κ3) is 2.28. The zero-order valence-electron chi connectivity index (χ0n) is 9.65. The zero-order chi connectivity index (χ0) is 12.4. The minimum atomic E-state index is 0.0563. The van der Waals surface area contributed by atoms with E-state index in [0.717, 1.165) is 5.69 Å². The predicted molar refractivity (Wildman–Crippen MR) is 74.3 cm³/mol. The van der Waals surface area contributed by atoms with E-state index in [2.05, 4.69) is 11.1 Å². The highest BCUT2D eigenvalue weighted by Crippen LogP contribution is 2.38. The van der Waals surface area contributed by atoms with E-state index >= 15 is 0 Å². The van der Waals surface area contributed by atoms with Gasteiger partial charge in [-0.3, -0.25) is 9.78 Å². The third-order valence-electron chi connectivity index (χ3n) is 2.82. The van der Waals surface area contributed by atoms with Crippen LogP contribution in [0.1, 0.15) is 15.9 Å². The van der Waals surface area contributed by atoms with Gasteiger partial charge in [0, 0.05) is 11.1 Å². The van der Waals surface area contributed by atoms with Crippen LogP contribution in [-0.4, -0.2) is 21.5 Å². The number of pyridine rings is 1. The van der Waals surface area contributed by atoms with Crippen LogP contribution in [0.4, 0.5) is 0 Å². The summed E-state index contributed by atoms with van der Waals surface area (Å²) in [5, 5.41) is 2.10. The molecular weight excluding hydrogens is 264 g/mol. The summed E-state index contributed by atoms with van der Waals surface area (Å²) in [6, 6.07) is 9.93. The van der Waals surface area contributed by atoms with Crippen LogP contribution in [0, 0.1) is 0 Å². The second kappa shape index (κ2) is 5.12. The van der Waals surface area contributed by atoms with Crippen LogP contribution in [-0.2, 0) is 11.3 Å². The molecule has 0 radical (unpaired) electrons. The second-order valence-electron chi connectivity index (χ2n) is 4.02. The molecule has 3 heterocycles. The Morgan fingerprint density at radius 3 is 3.00 bits per heavy atom. The Kier molecular flexibility index (Phi) is 3.34. The molecule has 92 valence electrons. The van der Waals surface area contributed by atoms with E-state index in [-0.39, 0.29) is 11.3 Å². The van der Waals surface area contributed by atoms with E-state index in [1.165, 1.54) is 4.88 Å². The first-order chi connectivity index (χ1) is 8.84. The number of amides is 1. The first kappa shape index (κ1) is 11.7. The number of nitrogens with zero attached hydrogens (tertiary/aromatic N) is 2. The van der Waals surface area contributed by atoms with E-state index in [1.807, 2.05) is 34.5 Å². The van der Waals surface area contributed by atoms with E-state index in [0.29, 0.717) is 12.3 Å². The van der Waals surface area contributed by atoms with Crippen LogP contribution in [0.5, 0.6) is 0 Å². The SMILES string of the molecule is O=C1CSC(c2ccccn2)N1Cc1cccs1. The Morgan fingerprint density at radius 2 is 2.28 bits per heavy atom. The second-order valence-corrected chi connectivity index (χ2v) is 6.12. The van der Waals surface area contributed by atoms with Crippen LogP contribution in [0.3, 0.4) is 0 Å². The molecule has 1 atom stereocenters. The van der Waals surface area contributed by atoms with Crippen molar-refractivity contribution >= 4 is 29.0 Å². The standard InChI is InChI=1S/C13H12N2OS2/c16-12-9-18-13(11-5-1-2-6-14-11)15(12)8-10-4-3-7-17-10/h1-7,13H,8-9H2. The summed E-state index contributed by atoms with van der Waals surface area (Å²) in [5.74, 6) is 0.746. The zero-order valence-corrected chi connectivity index (χ0v) is 11.3. The Labute approximate surface area is 114 Å². The van der Waals surface area contributed by atoms with Gasteiger partial charge < -0.3 is 4.90 Å². The predicted octanol–water partition coefficient (Wildman–Crippen LogP) is 2.92. The van der Waals surface area contributed by atoms with Gasteiger partial charge in [-0.2, -0.15) is 0 Å². The number of hydrogen-bond acceptors (Lipinski definition) is 4. The van der Waals surface area contributed by atoms with Gasteiger partial charge >= 0.3 is 0 Å². The first-order valence-electron chi connectivity index (χ1n) is 5.69. The molecule has 2 aromatic rings. The highest BCUT2D eigenvalue weighted by atomic mass is 32.2. The van der Waals surface area contributed by atoms with Gasteiger partial charge in [-0.25, -0.2) is 0 Å². The molecule has 1 saturated heterocycles. The fourth-order valence-corrected chi connectivity index (χ4v) is 3.81. The maximum Gasteiger partial charge on any atom is 0.234 e. The molecule has 0 N–H and O–H groups in total. The minimum Gasteiger partial charge on any atom is -0.319 e. The number of hydrogen-bond donors (Lipinski definition) is 0. The smallest absolute Gasteiger partial charge is 0.234 e. The summed E-state index contributed by atoms with van der Waals surface area (Å²) >= 11 is 3.34. The molecular formula is C13H12N2OS2. The average Bonchev–Trinajstić information content (AvgIpc) is 3.03. The Balaban J connectivity index is 1.84. The monoisotopic (exact) mass is 276 g/mol. The molecule has 0 spiro atoms. The largest absolute Gasteiger partial charge is 0.319 e. The molecule has 0 aromatic carbocycles. The number of thiophene rings is 1. The molecule has 1 unspecified atom stereocenters. The van der Waals surface area contributed by atoms with Crippen molar-refractivity contribution in [3.8, 4) is 0 Å². The molecule has 0 saturated carbocycles. The van der Waals surface area contributed by atoms with Crippen molar-refractivity contribution in [3.63, 3.8) is 0 Å². The van der Waals surface area contributed by atoms with Gasteiger partial charge in [0.25, 0.3) is 0 Å². The Morgan fingerprint density at radius 1 is 1.33 bits per heavy atom. The van der Waals surface area contributed by atoms with E-state index < -0.39 is 0 Å². The minimum absolute atomic E-state index is 0.0563. The summed E-state index contributed by atoms with van der Waals surface area (Å²) in [7, 11) is 0. The number of rotatable bonds is 3. The normalized spacial score (nSPS) is 19.4. The topological polar surface area (TPSA) is 33.2 Å². The van der Waals surface area contributed by atoms with Gasteiger partial charge in [-0.1, -0.05) is 12.1 Å². The van der Waals surface area contributed by atoms with Crippen LogP contribution < -0.4 is 0 Å². The lowest BCUT2D eigenvalue weighted by molar-refractivity contribution is -0.128. The number of carbonyl (C=O) groups excluding carboxylic acids is 1. The molecule has 18 heavy (non-hydrogen) atoms. The Bertz CT molecular complexity index is 527. The van der Waals surface area contributed by atoms with Crippen molar-refractivity contribution in [3.05, 3.63) is 52.5 Å². The lowest BCUT2D eigenvalue weighted by Gasteiger charge is -2.22. The van der Waals surface area contributed by atoms with E-state index in [4.69, 9.17) is 0 Å². The van der Waals surface area contributed by atoms with E-state index in [9.17, 15) is 4.79 Å². The van der Waals surface area contributed by atoms with Crippen molar-refractivity contribution in [2.45, 2.75) is 11.9 Å². The molecule has 3 nitrogen and oxygen atoms in total. The van der Waals surface area contributed by atoms with Gasteiger partial charge in [0.15, 0.2) is 0 Å². The van der Waals surface area contributed by atoms with Crippen LogP contribution >= 0.6 is 23.1 Å². The summed E-state index contributed by atoms with van der Waals surface area (Å²) in [4.78, 5) is 19.5. The van der Waals surface area contributed by atoms with Gasteiger partial charge in [0.1, 0.15) is 5.37 Å². The summed E-state index contributed by atoms with van der Waals surface area (Å²) in [5.41, 5.74) is 0.963. The summed E-state index contributed by atoms with van der Waals surface area (Å²) < 4.78 is 0. The molecule has 5 heteroatoms. The van der Waals surface area contributed by atoms with Crippen molar-refractivity contribution < 1.29 is 4.79 Å². The van der Waals surface area contributed by atoms with E-state index in [1.54, 1.807) is 29.3 Å². The van der Waals surface area contributed by atoms with Gasteiger partial charge in [0.2, 0.25) is 5.91 Å². The molecule has 3 rings (SSSR count). The fourth-order valence-electron chi connectivity index (χ4n) is 1.96. The fraction of sp³-hybridized carbons (Fsp3) is 0.231. The third-order valence-corrected chi connectivity index (χ3v) is 4.90.